The van der Waals surface area contributed by atoms with E-state index in [0.717, 1.165) is 25.1 Å². The molecule has 3 unspecified atom stereocenters. The Labute approximate surface area is 117 Å². The summed E-state index contributed by atoms with van der Waals surface area (Å²) in [5.41, 5.74) is 6.08. The van der Waals surface area contributed by atoms with E-state index in [1.165, 1.54) is 6.07 Å². The summed E-state index contributed by atoms with van der Waals surface area (Å²) in [4.78, 5) is 2.13. The van der Waals surface area contributed by atoms with Crippen LogP contribution in [-0.2, 0) is 6.18 Å². The molecule has 1 aromatic carbocycles. The van der Waals surface area contributed by atoms with Crippen LogP contribution in [0.2, 0.25) is 0 Å². The fraction of sp³-hybridized carbons (Fsp3) is 0.600. The van der Waals surface area contributed by atoms with Gasteiger partial charge in [-0.1, -0.05) is 13.8 Å². The first-order chi connectivity index (χ1) is 9.20. The molecule has 1 heterocycles. The summed E-state index contributed by atoms with van der Waals surface area (Å²) in [6, 6.07) is 3.93. The maximum absolute atomic E-state index is 12.7. The number of rotatable bonds is 1. The molecule has 1 aromatic rings. The van der Waals surface area contributed by atoms with Crippen molar-refractivity contribution in [2.45, 2.75) is 39.4 Å². The van der Waals surface area contributed by atoms with Crippen LogP contribution in [0.15, 0.2) is 18.2 Å². The first-order valence-electron chi connectivity index (χ1n) is 6.93. The second-order valence-electron chi connectivity index (χ2n) is 5.98. The highest BCUT2D eigenvalue weighted by atomic mass is 19.4. The van der Waals surface area contributed by atoms with Crippen LogP contribution in [-0.4, -0.2) is 12.6 Å². The number of nitrogens with two attached hydrogens (primary N) is 1. The van der Waals surface area contributed by atoms with Crippen molar-refractivity contribution in [3.8, 4) is 0 Å². The number of alkyl halides is 3. The van der Waals surface area contributed by atoms with Gasteiger partial charge < -0.3 is 10.6 Å². The van der Waals surface area contributed by atoms with Crippen molar-refractivity contribution < 1.29 is 13.2 Å². The third-order valence-electron chi connectivity index (χ3n) is 4.26. The highest BCUT2D eigenvalue weighted by Gasteiger charge is 2.33. The molecule has 3 atom stereocenters. The van der Waals surface area contributed by atoms with Crippen molar-refractivity contribution in [3.05, 3.63) is 23.8 Å². The zero-order chi connectivity index (χ0) is 15.1. The number of halogens is 3. The van der Waals surface area contributed by atoms with Crippen LogP contribution in [0.4, 0.5) is 24.5 Å². The number of piperidine rings is 1. The van der Waals surface area contributed by atoms with E-state index in [0.29, 0.717) is 17.5 Å². The molecule has 20 heavy (non-hydrogen) atoms. The smallest absolute Gasteiger partial charge is 0.397 e. The number of hydrogen-bond donors (Lipinski definition) is 1. The minimum absolute atomic E-state index is 0.202. The Kier molecular flexibility index (Phi) is 3.89. The lowest BCUT2D eigenvalue weighted by Crippen LogP contribution is -2.46. The summed E-state index contributed by atoms with van der Waals surface area (Å²) in [5.74, 6) is 1.02. The lowest BCUT2D eigenvalue weighted by molar-refractivity contribution is -0.137. The number of anilines is 2. The molecular formula is C15H21F3N2. The molecule has 0 amide bonds. The number of nitrogens with zero attached hydrogens (tertiary/aromatic N) is 1. The molecule has 0 aliphatic carbocycles. The lowest BCUT2D eigenvalue weighted by atomic mass is 9.85. The fourth-order valence-electron chi connectivity index (χ4n) is 3.03. The molecule has 0 spiro atoms. The minimum Gasteiger partial charge on any atom is -0.397 e. The summed E-state index contributed by atoms with van der Waals surface area (Å²) in [6.45, 7) is 7.28. The molecule has 1 fully saturated rings. The summed E-state index contributed by atoms with van der Waals surface area (Å²) >= 11 is 0. The van der Waals surface area contributed by atoms with Gasteiger partial charge in [0.2, 0.25) is 0 Å². The van der Waals surface area contributed by atoms with E-state index >= 15 is 0 Å². The van der Waals surface area contributed by atoms with Gasteiger partial charge >= 0.3 is 6.18 Å². The standard InChI is InChI=1S/C15H21F3N2/c1-9-6-10(2)11(3)20(8-9)14-5-4-12(7-13(14)19)15(16,17)18/h4-5,7,9-11H,6,8,19H2,1-3H3. The molecule has 5 heteroatoms. The molecule has 2 nitrogen and oxygen atoms in total. The first kappa shape index (κ1) is 15.0. The van der Waals surface area contributed by atoms with E-state index < -0.39 is 11.7 Å². The Hall–Kier alpha value is -1.39. The predicted octanol–water partition coefficient (Wildman–Crippen LogP) is 4.16. The quantitative estimate of drug-likeness (QED) is 0.785. The van der Waals surface area contributed by atoms with Gasteiger partial charge in [0.1, 0.15) is 0 Å². The summed E-state index contributed by atoms with van der Waals surface area (Å²) in [5, 5.41) is 0. The van der Waals surface area contributed by atoms with Gasteiger partial charge in [0, 0.05) is 12.6 Å². The topological polar surface area (TPSA) is 29.3 Å². The largest absolute Gasteiger partial charge is 0.416 e. The Bertz CT molecular complexity index is 484. The third kappa shape index (κ3) is 2.86. The van der Waals surface area contributed by atoms with E-state index in [-0.39, 0.29) is 11.7 Å². The third-order valence-corrected chi connectivity index (χ3v) is 4.26. The summed E-state index contributed by atoms with van der Waals surface area (Å²) < 4.78 is 38.0. The molecule has 0 aromatic heterocycles. The van der Waals surface area contributed by atoms with Gasteiger partial charge in [-0.2, -0.15) is 13.2 Å². The number of nitrogen functional groups attached to an aromatic ring is 1. The maximum atomic E-state index is 12.7. The van der Waals surface area contributed by atoms with Crippen molar-refractivity contribution in [2.75, 3.05) is 17.2 Å². The van der Waals surface area contributed by atoms with E-state index in [1.54, 1.807) is 0 Å². The van der Waals surface area contributed by atoms with Gasteiger partial charge in [0.05, 0.1) is 16.9 Å². The average Bonchev–Trinajstić information content (AvgIpc) is 2.33. The van der Waals surface area contributed by atoms with Gasteiger partial charge in [-0.05, 0) is 43.4 Å². The van der Waals surface area contributed by atoms with Gasteiger partial charge in [0.25, 0.3) is 0 Å². The van der Waals surface area contributed by atoms with E-state index in [4.69, 9.17) is 5.73 Å². The lowest BCUT2D eigenvalue weighted by Gasteiger charge is -2.43. The maximum Gasteiger partial charge on any atom is 0.416 e. The van der Waals surface area contributed by atoms with Crippen molar-refractivity contribution in [2.24, 2.45) is 11.8 Å². The molecule has 1 aliphatic rings. The van der Waals surface area contributed by atoms with E-state index in [2.05, 4.69) is 25.7 Å². The van der Waals surface area contributed by atoms with Crippen molar-refractivity contribution in [1.29, 1.82) is 0 Å². The molecule has 1 aliphatic heterocycles. The van der Waals surface area contributed by atoms with Gasteiger partial charge in [0.15, 0.2) is 0 Å². The summed E-state index contributed by atoms with van der Waals surface area (Å²) in [6.07, 6.45) is -3.21. The van der Waals surface area contributed by atoms with Crippen LogP contribution >= 0.6 is 0 Å². The van der Waals surface area contributed by atoms with Crippen molar-refractivity contribution >= 4 is 11.4 Å². The Morgan fingerprint density at radius 1 is 1.20 bits per heavy atom. The molecule has 112 valence electrons. The highest BCUT2D eigenvalue weighted by Crippen LogP contribution is 2.37. The van der Waals surface area contributed by atoms with Crippen LogP contribution in [0, 0.1) is 11.8 Å². The Morgan fingerprint density at radius 2 is 1.85 bits per heavy atom. The van der Waals surface area contributed by atoms with Crippen LogP contribution in [0.1, 0.15) is 32.8 Å². The zero-order valence-corrected chi connectivity index (χ0v) is 12.0. The SMILES string of the molecule is CC1CC(C)C(C)N(c2ccc(C(F)(F)F)cc2N)C1. The predicted molar refractivity (Wildman–Crippen MR) is 75.6 cm³/mol. The number of benzene rings is 1. The second kappa shape index (κ2) is 5.19. The molecular weight excluding hydrogens is 265 g/mol. The van der Waals surface area contributed by atoms with Gasteiger partial charge in [-0.15, -0.1) is 0 Å². The van der Waals surface area contributed by atoms with E-state index in [9.17, 15) is 13.2 Å². The average molecular weight is 286 g/mol. The number of hydrogen-bond acceptors (Lipinski definition) is 2. The van der Waals surface area contributed by atoms with Crippen LogP contribution in [0.3, 0.4) is 0 Å². The van der Waals surface area contributed by atoms with Crippen LogP contribution in [0.5, 0.6) is 0 Å². The normalized spacial score (nSPS) is 27.7. The molecule has 0 saturated carbocycles. The van der Waals surface area contributed by atoms with Crippen molar-refractivity contribution in [1.82, 2.24) is 0 Å². The monoisotopic (exact) mass is 286 g/mol. The summed E-state index contributed by atoms with van der Waals surface area (Å²) in [7, 11) is 0. The van der Waals surface area contributed by atoms with Gasteiger partial charge in [-0.3, -0.25) is 0 Å². The molecule has 2 rings (SSSR count). The van der Waals surface area contributed by atoms with Crippen molar-refractivity contribution in [3.63, 3.8) is 0 Å². The minimum atomic E-state index is -4.35. The van der Waals surface area contributed by atoms with Gasteiger partial charge in [-0.25, -0.2) is 0 Å². The molecule has 0 radical (unpaired) electrons. The molecule has 1 saturated heterocycles. The Balaban J connectivity index is 2.33. The Morgan fingerprint density at radius 3 is 2.40 bits per heavy atom. The first-order valence-corrected chi connectivity index (χ1v) is 6.93. The van der Waals surface area contributed by atoms with Crippen LogP contribution in [0.25, 0.3) is 0 Å². The van der Waals surface area contributed by atoms with E-state index in [1.807, 2.05) is 0 Å². The highest BCUT2D eigenvalue weighted by molar-refractivity contribution is 5.69. The molecule has 0 bridgehead atoms. The second-order valence-corrected chi connectivity index (χ2v) is 5.98. The fourth-order valence-corrected chi connectivity index (χ4v) is 3.03. The molecule has 2 N–H and O–H groups in total. The zero-order valence-electron chi connectivity index (χ0n) is 12.0. The van der Waals surface area contributed by atoms with Crippen LogP contribution < -0.4 is 10.6 Å².